The molecule has 0 radical (unpaired) electrons. The van der Waals surface area contributed by atoms with Gasteiger partial charge >= 0.3 is 0 Å². The van der Waals surface area contributed by atoms with E-state index in [-0.39, 0.29) is 5.91 Å². The number of amides is 1. The molecule has 0 bridgehead atoms. The molecule has 0 aliphatic carbocycles. The molecule has 1 fully saturated rings. The Balaban J connectivity index is 1.30. The van der Waals surface area contributed by atoms with Gasteiger partial charge in [-0.2, -0.15) is 0 Å². The second-order valence-electron chi connectivity index (χ2n) is 6.30. The highest BCUT2D eigenvalue weighted by Gasteiger charge is 2.18. The van der Waals surface area contributed by atoms with Gasteiger partial charge < -0.3 is 14.6 Å². The molecule has 2 aromatic rings. The summed E-state index contributed by atoms with van der Waals surface area (Å²) in [6.45, 7) is 7.37. The van der Waals surface area contributed by atoms with Crippen molar-refractivity contribution in [3.8, 4) is 0 Å². The number of furan rings is 1. The van der Waals surface area contributed by atoms with E-state index < -0.39 is 0 Å². The molecule has 0 unspecified atom stereocenters. The van der Waals surface area contributed by atoms with Crippen molar-refractivity contribution in [1.82, 2.24) is 20.2 Å². The van der Waals surface area contributed by atoms with Crippen LogP contribution in [-0.4, -0.2) is 60.0 Å². The summed E-state index contributed by atoms with van der Waals surface area (Å²) < 4.78 is 5.39. The largest absolute Gasteiger partial charge is 0.462 e. The molecule has 0 saturated carbocycles. The molecule has 0 aromatic carbocycles. The number of carbonyl (C=O) groups is 1. The number of hydrogen-bond acceptors (Lipinski definition) is 6. The summed E-state index contributed by atoms with van der Waals surface area (Å²) in [7, 11) is 0. The average Bonchev–Trinajstić information content (AvgIpc) is 3.10. The van der Waals surface area contributed by atoms with E-state index in [2.05, 4.69) is 25.1 Å². The van der Waals surface area contributed by atoms with Gasteiger partial charge in [-0.15, -0.1) is 0 Å². The lowest BCUT2D eigenvalue weighted by Gasteiger charge is -2.34. The van der Waals surface area contributed by atoms with E-state index >= 15 is 0 Å². The van der Waals surface area contributed by atoms with Crippen LogP contribution in [0.2, 0.25) is 0 Å². The Morgan fingerprint density at radius 2 is 2.00 bits per heavy atom. The smallest absolute Gasteiger partial charge is 0.244 e. The van der Waals surface area contributed by atoms with Gasteiger partial charge in [0.1, 0.15) is 11.5 Å². The minimum absolute atomic E-state index is 0.0925. The van der Waals surface area contributed by atoms with Gasteiger partial charge in [0.2, 0.25) is 11.9 Å². The third-order valence-electron chi connectivity index (χ3n) is 4.32. The van der Waals surface area contributed by atoms with Crippen LogP contribution in [-0.2, 0) is 4.79 Å². The molecular formula is C19H25N5O2. The van der Waals surface area contributed by atoms with Crippen molar-refractivity contribution in [3.05, 3.63) is 48.2 Å². The number of hydrogen-bond donors (Lipinski definition) is 1. The van der Waals surface area contributed by atoms with E-state index in [9.17, 15) is 4.79 Å². The summed E-state index contributed by atoms with van der Waals surface area (Å²) in [5, 5.41) is 2.91. The first-order valence-electron chi connectivity index (χ1n) is 8.97. The predicted octanol–water partition coefficient (Wildman–Crippen LogP) is 1.72. The van der Waals surface area contributed by atoms with Crippen LogP contribution in [0.1, 0.15) is 17.9 Å². The lowest BCUT2D eigenvalue weighted by Crippen LogP contribution is -2.47. The van der Waals surface area contributed by atoms with Crippen molar-refractivity contribution in [1.29, 1.82) is 0 Å². The van der Waals surface area contributed by atoms with E-state index in [1.165, 1.54) is 6.08 Å². The minimum Gasteiger partial charge on any atom is -0.462 e. The normalized spacial score (nSPS) is 15.5. The Hall–Kier alpha value is -2.67. The predicted molar refractivity (Wildman–Crippen MR) is 101 cm³/mol. The van der Waals surface area contributed by atoms with E-state index in [4.69, 9.17) is 4.42 Å². The van der Waals surface area contributed by atoms with Crippen LogP contribution < -0.4 is 10.2 Å². The first kappa shape index (κ1) is 18.1. The monoisotopic (exact) mass is 355 g/mol. The Kier molecular flexibility index (Phi) is 6.38. The maximum Gasteiger partial charge on any atom is 0.244 e. The Labute approximate surface area is 153 Å². The third-order valence-corrected chi connectivity index (χ3v) is 4.32. The van der Waals surface area contributed by atoms with Crippen LogP contribution in [0.25, 0.3) is 6.08 Å². The quantitative estimate of drug-likeness (QED) is 0.602. The zero-order valence-corrected chi connectivity index (χ0v) is 15.1. The SMILES string of the molecule is Cc1ccc(/C=C/C(=O)NCCCN2CCN(c3ncccn3)CC2)o1. The van der Waals surface area contributed by atoms with Crippen molar-refractivity contribution in [2.45, 2.75) is 13.3 Å². The molecule has 7 nitrogen and oxygen atoms in total. The highest BCUT2D eigenvalue weighted by molar-refractivity contribution is 5.91. The lowest BCUT2D eigenvalue weighted by atomic mass is 10.3. The summed E-state index contributed by atoms with van der Waals surface area (Å²) in [5.74, 6) is 2.24. The number of carbonyl (C=O) groups excluding carboxylic acids is 1. The summed E-state index contributed by atoms with van der Waals surface area (Å²) >= 11 is 0. The first-order chi connectivity index (χ1) is 12.7. The van der Waals surface area contributed by atoms with E-state index in [1.807, 2.05) is 25.1 Å². The van der Waals surface area contributed by atoms with Crippen molar-refractivity contribution in [2.24, 2.45) is 0 Å². The van der Waals surface area contributed by atoms with Gasteiger partial charge in [-0.1, -0.05) is 0 Å². The van der Waals surface area contributed by atoms with Crippen molar-refractivity contribution in [2.75, 3.05) is 44.2 Å². The number of anilines is 1. The molecule has 1 saturated heterocycles. The molecular weight excluding hydrogens is 330 g/mol. The lowest BCUT2D eigenvalue weighted by molar-refractivity contribution is -0.116. The summed E-state index contributed by atoms with van der Waals surface area (Å²) in [6.07, 6.45) is 7.68. The van der Waals surface area contributed by atoms with Crippen LogP contribution in [0.3, 0.4) is 0 Å². The molecule has 1 aliphatic rings. The Bertz CT molecular complexity index is 721. The second-order valence-corrected chi connectivity index (χ2v) is 6.30. The number of aryl methyl sites for hydroxylation is 1. The highest BCUT2D eigenvalue weighted by Crippen LogP contribution is 2.10. The van der Waals surface area contributed by atoms with Crippen LogP contribution in [0.4, 0.5) is 5.95 Å². The minimum atomic E-state index is -0.0925. The Morgan fingerprint density at radius 1 is 1.23 bits per heavy atom. The third kappa shape index (κ3) is 5.42. The van der Waals surface area contributed by atoms with Gasteiger partial charge in [0.25, 0.3) is 0 Å². The number of rotatable bonds is 7. The van der Waals surface area contributed by atoms with Crippen molar-refractivity contribution >= 4 is 17.9 Å². The zero-order valence-electron chi connectivity index (χ0n) is 15.1. The zero-order chi connectivity index (χ0) is 18.2. The summed E-state index contributed by atoms with van der Waals surface area (Å²) in [5.41, 5.74) is 0. The van der Waals surface area contributed by atoms with E-state index in [1.54, 1.807) is 18.5 Å². The van der Waals surface area contributed by atoms with Gasteiger partial charge in [-0.25, -0.2) is 9.97 Å². The maximum absolute atomic E-state index is 11.8. The summed E-state index contributed by atoms with van der Waals surface area (Å²) in [6, 6.07) is 5.55. The Morgan fingerprint density at radius 3 is 2.69 bits per heavy atom. The van der Waals surface area contributed by atoms with Gasteiger partial charge in [-0.3, -0.25) is 9.69 Å². The molecule has 7 heteroatoms. The van der Waals surface area contributed by atoms with Gasteiger partial charge in [-0.05, 0) is 44.2 Å². The molecule has 3 heterocycles. The molecule has 1 aliphatic heterocycles. The van der Waals surface area contributed by atoms with Crippen LogP contribution in [0.15, 0.2) is 41.1 Å². The second kappa shape index (κ2) is 9.15. The fourth-order valence-corrected chi connectivity index (χ4v) is 2.90. The van der Waals surface area contributed by atoms with Crippen LogP contribution >= 0.6 is 0 Å². The molecule has 0 spiro atoms. The first-order valence-corrected chi connectivity index (χ1v) is 8.97. The fraction of sp³-hybridized carbons (Fsp3) is 0.421. The van der Waals surface area contributed by atoms with Crippen molar-refractivity contribution < 1.29 is 9.21 Å². The van der Waals surface area contributed by atoms with Crippen LogP contribution in [0.5, 0.6) is 0 Å². The average molecular weight is 355 g/mol. The molecule has 138 valence electrons. The van der Waals surface area contributed by atoms with Crippen LogP contribution in [0, 0.1) is 6.92 Å². The van der Waals surface area contributed by atoms with Gasteiger partial charge in [0.05, 0.1) is 0 Å². The van der Waals surface area contributed by atoms with E-state index in [0.717, 1.165) is 50.9 Å². The molecule has 3 rings (SSSR count). The van der Waals surface area contributed by atoms with E-state index in [0.29, 0.717) is 12.3 Å². The number of nitrogens with one attached hydrogen (secondary N) is 1. The van der Waals surface area contributed by atoms with Gasteiger partial charge in [0, 0.05) is 51.2 Å². The van der Waals surface area contributed by atoms with Gasteiger partial charge in [0.15, 0.2) is 0 Å². The number of nitrogens with zero attached hydrogens (tertiary/aromatic N) is 4. The fourth-order valence-electron chi connectivity index (χ4n) is 2.90. The van der Waals surface area contributed by atoms with Crippen molar-refractivity contribution in [3.63, 3.8) is 0 Å². The highest BCUT2D eigenvalue weighted by atomic mass is 16.3. The number of aromatic nitrogens is 2. The topological polar surface area (TPSA) is 74.5 Å². The molecule has 1 N–H and O–H groups in total. The summed E-state index contributed by atoms with van der Waals surface area (Å²) in [4.78, 5) is 25.0. The molecule has 2 aromatic heterocycles. The molecule has 0 atom stereocenters. The maximum atomic E-state index is 11.8. The number of piperazine rings is 1. The molecule has 26 heavy (non-hydrogen) atoms. The standard InChI is InChI=1S/C19H25N5O2/c1-16-4-5-17(26-16)6-7-18(25)20-10-3-11-23-12-14-24(15-13-23)19-21-8-2-9-22-19/h2,4-9H,3,10-15H2,1H3,(H,20,25)/b7-6+. The molecule has 1 amide bonds.